The van der Waals surface area contributed by atoms with Crippen LogP contribution in [0, 0.1) is 0 Å². The molecule has 2 aromatic rings. The third-order valence-electron chi connectivity index (χ3n) is 7.38. The van der Waals surface area contributed by atoms with Crippen molar-refractivity contribution in [3.63, 3.8) is 0 Å². The molecule has 2 aliphatic heterocycles. The lowest BCUT2D eigenvalue weighted by molar-refractivity contribution is -0.137. The fraction of sp³-hybridized carbons (Fsp3) is 0.500. The number of rotatable bonds is 4. The molecule has 1 amide bonds. The monoisotopic (exact) mass is 485 g/mol. The highest BCUT2D eigenvalue weighted by atomic mass is 19.4. The lowest BCUT2D eigenvalue weighted by atomic mass is 9.91. The van der Waals surface area contributed by atoms with E-state index in [0.717, 1.165) is 55.5 Å². The molecule has 1 aromatic carbocycles. The maximum atomic E-state index is 13.2. The summed E-state index contributed by atoms with van der Waals surface area (Å²) < 4.78 is 39.7. The number of fused-ring (bicyclic) bond motifs is 1. The Balaban J connectivity index is 1.21. The van der Waals surface area contributed by atoms with E-state index in [2.05, 4.69) is 14.8 Å². The number of amides is 1. The van der Waals surface area contributed by atoms with Crippen LogP contribution in [0.2, 0.25) is 0 Å². The molecular formula is C26H30F3N5O. The summed E-state index contributed by atoms with van der Waals surface area (Å²) in [6.07, 6.45) is 5.10. The van der Waals surface area contributed by atoms with Crippen molar-refractivity contribution in [2.24, 2.45) is 0 Å². The number of anilines is 1. The van der Waals surface area contributed by atoms with Crippen molar-refractivity contribution < 1.29 is 18.0 Å². The standard InChI is InChI=1S/C26H30F3N5O/c27-26(28,29)22-7-2-1-4-19(22)8-9-24(35)33-12-10-20-18-30-25(31-23(20)11-13-33)34-16-14-32(15-17-34)21-5-3-6-21/h1-2,4,7-9,18,21H,3,5-6,10-17H2/b9-8+. The van der Waals surface area contributed by atoms with Crippen LogP contribution in [-0.2, 0) is 23.8 Å². The summed E-state index contributed by atoms with van der Waals surface area (Å²) >= 11 is 0. The van der Waals surface area contributed by atoms with Gasteiger partial charge >= 0.3 is 6.18 Å². The van der Waals surface area contributed by atoms with Crippen molar-refractivity contribution >= 4 is 17.9 Å². The van der Waals surface area contributed by atoms with Gasteiger partial charge in [0.05, 0.1) is 11.3 Å². The zero-order valence-electron chi connectivity index (χ0n) is 19.7. The quantitative estimate of drug-likeness (QED) is 0.617. The van der Waals surface area contributed by atoms with Crippen LogP contribution in [-0.4, -0.2) is 71.0 Å². The number of hydrogen-bond donors (Lipinski definition) is 0. The molecule has 1 saturated heterocycles. The van der Waals surface area contributed by atoms with Gasteiger partial charge in [0, 0.05) is 64.0 Å². The Kier molecular flexibility index (Phi) is 6.77. The van der Waals surface area contributed by atoms with E-state index in [0.29, 0.717) is 25.9 Å². The zero-order valence-corrected chi connectivity index (χ0v) is 19.7. The van der Waals surface area contributed by atoms with Crippen LogP contribution in [0.25, 0.3) is 6.08 Å². The van der Waals surface area contributed by atoms with E-state index in [-0.39, 0.29) is 11.5 Å². The maximum Gasteiger partial charge on any atom is 0.416 e. The maximum absolute atomic E-state index is 13.2. The van der Waals surface area contributed by atoms with Crippen LogP contribution in [0.3, 0.4) is 0 Å². The van der Waals surface area contributed by atoms with Crippen molar-refractivity contribution in [2.45, 2.75) is 44.3 Å². The van der Waals surface area contributed by atoms with E-state index in [1.165, 1.54) is 49.6 Å². The van der Waals surface area contributed by atoms with E-state index in [9.17, 15) is 18.0 Å². The summed E-state index contributed by atoms with van der Waals surface area (Å²) in [5.74, 6) is 0.454. The molecule has 0 spiro atoms. The number of hydrogen-bond acceptors (Lipinski definition) is 5. The topological polar surface area (TPSA) is 52.6 Å². The highest BCUT2D eigenvalue weighted by molar-refractivity contribution is 5.92. The number of aromatic nitrogens is 2. The number of halogens is 3. The van der Waals surface area contributed by atoms with Gasteiger partial charge < -0.3 is 9.80 Å². The molecule has 0 bridgehead atoms. The largest absolute Gasteiger partial charge is 0.416 e. The number of piperazine rings is 1. The van der Waals surface area contributed by atoms with Gasteiger partial charge in [-0.05, 0) is 42.5 Å². The number of alkyl halides is 3. The molecule has 3 heterocycles. The summed E-state index contributed by atoms with van der Waals surface area (Å²) in [7, 11) is 0. The lowest BCUT2D eigenvalue weighted by Crippen LogP contribution is -2.52. The molecule has 1 aromatic heterocycles. The fourth-order valence-electron chi connectivity index (χ4n) is 5.04. The first kappa shape index (κ1) is 23.8. The Labute approximate surface area is 203 Å². The Hall–Kier alpha value is -2.94. The first-order valence-corrected chi connectivity index (χ1v) is 12.4. The molecule has 0 N–H and O–H groups in total. The minimum Gasteiger partial charge on any atom is -0.338 e. The average molecular weight is 486 g/mol. The van der Waals surface area contributed by atoms with Gasteiger partial charge in [-0.25, -0.2) is 9.97 Å². The molecule has 0 radical (unpaired) electrons. The van der Waals surface area contributed by atoms with E-state index in [1.807, 2.05) is 6.20 Å². The number of carbonyl (C=O) groups is 1. The molecular weight excluding hydrogens is 455 g/mol. The van der Waals surface area contributed by atoms with Gasteiger partial charge in [0.25, 0.3) is 0 Å². The Bertz CT molecular complexity index is 1090. The summed E-state index contributed by atoms with van der Waals surface area (Å²) in [6, 6.07) is 6.03. The van der Waals surface area contributed by atoms with E-state index in [1.54, 1.807) is 4.90 Å². The third-order valence-corrected chi connectivity index (χ3v) is 7.38. The van der Waals surface area contributed by atoms with Gasteiger partial charge in [-0.2, -0.15) is 13.2 Å². The molecule has 2 fully saturated rings. The first-order chi connectivity index (χ1) is 16.9. The molecule has 9 heteroatoms. The second-order valence-corrected chi connectivity index (χ2v) is 9.49. The first-order valence-electron chi connectivity index (χ1n) is 12.4. The summed E-state index contributed by atoms with van der Waals surface area (Å²) in [5, 5.41) is 0. The van der Waals surface area contributed by atoms with Gasteiger partial charge in [0.2, 0.25) is 11.9 Å². The second-order valence-electron chi connectivity index (χ2n) is 9.49. The summed E-state index contributed by atoms with van der Waals surface area (Å²) in [4.78, 5) is 28.7. The molecule has 35 heavy (non-hydrogen) atoms. The minimum atomic E-state index is -4.46. The SMILES string of the molecule is O=C(/C=C/c1ccccc1C(F)(F)F)N1CCc2cnc(N3CCN(C4CCC4)CC3)nc2CC1. The second kappa shape index (κ2) is 9.97. The van der Waals surface area contributed by atoms with E-state index in [4.69, 9.17) is 4.98 Å². The molecule has 186 valence electrons. The Morgan fingerprint density at radius 2 is 1.74 bits per heavy atom. The lowest BCUT2D eigenvalue weighted by Gasteiger charge is -2.43. The van der Waals surface area contributed by atoms with Crippen LogP contribution in [0.1, 0.15) is 41.6 Å². The number of benzene rings is 1. The van der Waals surface area contributed by atoms with Gasteiger partial charge in [-0.15, -0.1) is 0 Å². The normalized spacial score (nSPS) is 20.0. The minimum absolute atomic E-state index is 0.0145. The average Bonchev–Trinajstić information content (AvgIpc) is 3.04. The molecule has 1 aliphatic carbocycles. The summed E-state index contributed by atoms with van der Waals surface area (Å²) in [6.45, 7) is 4.88. The van der Waals surface area contributed by atoms with Crippen molar-refractivity contribution in [3.8, 4) is 0 Å². The van der Waals surface area contributed by atoms with Crippen molar-refractivity contribution in [1.82, 2.24) is 19.8 Å². The molecule has 3 aliphatic rings. The Morgan fingerprint density at radius 3 is 2.46 bits per heavy atom. The van der Waals surface area contributed by atoms with Crippen LogP contribution in [0.15, 0.2) is 36.5 Å². The highest BCUT2D eigenvalue weighted by Crippen LogP contribution is 2.32. The van der Waals surface area contributed by atoms with Crippen LogP contribution in [0.4, 0.5) is 19.1 Å². The van der Waals surface area contributed by atoms with Gasteiger partial charge in [0.1, 0.15) is 0 Å². The number of nitrogens with zero attached hydrogens (tertiary/aromatic N) is 5. The molecule has 0 unspecified atom stereocenters. The molecule has 0 atom stereocenters. The van der Waals surface area contributed by atoms with Crippen molar-refractivity contribution in [1.29, 1.82) is 0 Å². The molecule has 1 saturated carbocycles. The molecule has 5 rings (SSSR count). The highest BCUT2D eigenvalue weighted by Gasteiger charge is 2.32. The Morgan fingerprint density at radius 1 is 1.00 bits per heavy atom. The fourth-order valence-corrected chi connectivity index (χ4v) is 5.04. The van der Waals surface area contributed by atoms with Crippen LogP contribution < -0.4 is 4.90 Å². The predicted molar refractivity (Wildman–Crippen MR) is 128 cm³/mol. The van der Waals surface area contributed by atoms with E-state index < -0.39 is 11.7 Å². The van der Waals surface area contributed by atoms with Gasteiger partial charge in [-0.3, -0.25) is 9.69 Å². The smallest absolute Gasteiger partial charge is 0.338 e. The van der Waals surface area contributed by atoms with E-state index >= 15 is 0 Å². The van der Waals surface area contributed by atoms with Gasteiger partial charge in [-0.1, -0.05) is 24.6 Å². The van der Waals surface area contributed by atoms with Crippen LogP contribution >= 0.6 is 0 Å². The third kappa shape index (κ3) is 5.34. The van der Waals surface area contributed by atoms with Crippen LogP contribution in [0.5, 0.6) is 0 Å². The zero-order chi connectivity index (χ0) is 24.4. The molecule has 6 nitrogen and oxygen atoms in total. The van der Waals surface area contributed by atoms with Crippen molar-refractivity contribution in [2.75, 3.05) is 44.2 Å². The summed E-state index contributed by atoms with van der Waals surface area (Å²) in [5.41, 5.74) is 1.23. The van der Waals surface area contributed by atoms with Crippen molar-refractivity contribution in [3.05, 3.63) is 58.9 Å². The van der Waals surface area contributed by atoms with Gasteiger partial charge in [0.15, 0.2) is 0 Å². The predicted octanol–water partition coefficient (Wildman–Crippen LogP) is 3.81. The number of carbonyl (C=O) groups excluding carboxylic acids is 1.